The van der Waals surface area contributed by atoms with Crippen molar-refractivity contribution in [2.75, 3.05) is 39.8 Å². The minimum Gasteiger partial charge on any atom is -0.493 e. The number of ether oxygens (including phenoxy) is 1. The highest BCUT2D eigenvalue weighted by atomic mass is 16.5. The van der Waals surface area contributed by atoms with Gasteiger partial charge in [-0.2, -0.15) is 0 Å². The fourth-order valence-electron chi connectivity index (χ4n) is 3.39. The predicted octanol–water partition coefficient (Wildman–Crippen LogP) is 3.18. The van der Waals surface area contributed by atoms with E-state index >= 15 is 0 Å². The van der Waals surface area contributed by atoms with Crippen LogP contribution in [0.3, 0.4) is 0 Å². The Kier molecular flexibility index (Phi) is 8.75. The molecule has 0 bridgehead atoms. The van der Waals surface area contributed by atoms with E-state index in [0.717, 1.165) is 31.3 Å². The van der Waals surface area contributed by atoms with Crippen LogP contribution in [0.25, 0.3) is 0 Å². The van der Waals surface area contributed by atoms with Gasteiger partial charge in [0.15, 0.2) is 5.96 Å². The fourth-order valence-corrected chi connectivity index (χ4v) is 3.39. The average Bonchev–Trinajstić information content (AvgIpc) is 3.09. The lowest BCUT2D eigenvalue weighted by Crippen LogP contribution is -2.40. The quantitative estimate of drug-likeness (QED) is 0.524. The third kappa shape index (κ3) is 6.52. The number of aryl methyl sites for hydroxylation is 1. The maximum atomic E-state index is 5.90. The molecule has 1 aliphatic rings. The fraction of sp³-hybridized carbons (Fsp3) is 0.667. The Hall–Kier alpha value is -1.75. The minimum atomic E-state index is 0.711. The van der Waals surface area contributed by atoms with Crippen molar-refractivity contribution in [3.05, 3.63) is 29.3 Å². The highest BCUT2D eigenvalue weighted by Crippen LogP contribution is 2.20. The minimum absolute atomic E-state index is 0.711. The summed E-state index contributed by atoms with van der Waals surface area (Å²) in [5.74, 6) is 2.55. The zero-order chi connectivity index (χ0) is 18.8. The number of likely N-dealkylation sites (tertiary alicyclic amines) is 1. The maximum Gasteiger partial charge on any atom is 0.191 e. The van der Waals surface area contributed by atoms with Crippen LogP contribution < -0.4 is 15.4 Å². The summed E-state index contributed by atoms with van der Waals surface area (Å²) in [7, 11) is 1.83. The van der Waals surface area contributed by atoms with Crippen molar-refractivity contribution in [1.29, 1.82) is 0 Å². The van der Waals surface area contributed by atoms with E-state index in [0.29, 0.717) is 12.5 Å². The first-order valence-corrected chi connectivity index (χ1v) is 10.0. The lowest BCUT2D eigenvalue weighted by molar-refractivity contribution is 0.313. The van der Waals surface area contributed by atoms with Crippen LogP contribution >= 0.6 is 0 Å². The van der Waals surface area contributed by atoms with Gasteiger partial charge in [0.05, 0.1) is 6.61 Å². The van der Waals surface area contributed by atoms with Crippen molar-refractivity contribution in [3.8, 4) is 5.75 Å². The monoisotopic (exact) mass is 360 g/mol. The molecule has 2 N–H and O–H groups in total. The summed E-state index contributed by atoms with van der Waals surface area (Å²) < 4.78 is 5.90. The highest BCUT2D eigenvalue weighted by molar-refractivity contribution is 5.79. The lowest BCUT2D eigenvalue weighted by Gasteiger charge is -2.18. The molecule has 146 valence electrons. The number of guanidine groups is 1. The van der Waals surface area contributed by atoms with Gasteiger partial charge in [-0.25, -0.2) is 0 Å². The van der Waals surface area contributed by atoms with Crippen LogP contribution in [0, 0.1) is 12.8 Å². The third-order valence-corrected chi connectivity index (χ3v) is 4.82. The zero-order valence-electron chi connectivity index (χ0n) is 17.0. The van der Waals surface area contributed by atoms with E-state index in [1.165, 1.54) is 43.6 Å². The molecule has 1 aromatic carbocycles. The molecule has 0 spiro atoms. The van der Waals surface area contributed by atoms with Gasteiger partial charge in [0.2, 0.25) is 0 Å². The largest absolute Gasteiger partial charge is 0.493 e. The molecule has 2 rings (SSSR count). The lowest BCUT2D eigenvalue weighted by atomic mass is 10.1. The Morgan fingerprint density at radius 3 is 2.85 bits per heavy atom. The van der Waals surface area contributed by atoms with Gasteiger partial charge in [0.1, 0.15) is 5.75 Å². The molecule has 1 aliphatic heterocycles. The van der Waals surface area contributed by atoms with Crippen LogP contribution in [-0.2, 0) is 6.54 Å². The molecule has 1 aromatic rings. The number of rotatable bonds is 9. The Morgan fingerprint density at radius 1 is 1.27 bits per heavy atom. The van der Waals surface area contributed by atoms with Crippen molar-refractivity contribution < 1.29 is 4.74 Å². The number of nitrogens with zero attached hydrogens (tertiary/aromatic N) is 2. The molecule has 0 radical (unpaired) electrons. The molecular formula is C21H36N4O. The van der Waals surface area contributed by atoms with E-state index in [9.17, 15) is 0 Å². The van der Waals surface area contributed by atoms with E-state index in [4.69, 9.17) is 4.74 Å². The van der Waals surface area contributed by atoms with Gasteiger partial charge >= 0.3 is 0 Å². The number of benzene rings is 1. The molecule has 1 atom stereocenters. The van der Waals surface area contributed by atoms with Crippen molar-refractivity contribution in [2.24, 2.45) is 10.9 Å². The molecule has 1 heterocycles. The normalized spacial score (nSPS) is 18.2. The standard InChI is InChI=1S/C21H36N4O/c1-5-10-25-11-9-18(16-25)14-23-21(22-4)24-15-19-8-7-17(3)13-20(19)26-12-6-2/h7-8,13,18H,5-6,9-12,14-16H2,1-4H3,(H2,22,23,24). The maximum absolute atomic E-state index is 5.90. The molecule has 0 amide bonds. The van der Waals surface area contributed by atoms with Gasteiger partial charge < -0.3 is 20.3 Å². The second kappa shape index (κ2) is 11.1. The second-order valence-electron chi connectivity index (χ2n) is 7.22. The number of hydrogen-bond donors (Lipinski definition) is 2. The van der Waals surface area contributed by atoms with Gasteiger partial charge in [0.25, 0.3) is 0 Å². The molecule has 1 saturated heterocycles. The number of hydrogen-bond acceptors (Lipinski definition) is 3. The molecule has 1 fully saturated rings. The van der Waals surface area contributed by atoms with Crippen LogP contribution in [0.1, 0.15) is 44.2 Å². The molecule has 1 unspecified atom stereocenters. The molecule has 0 saturated carbocycles. The van der Waals surface area contributed by atoms with E-state index in [1.807, 2.05) is 7.05 Å². The van der Waals surface area contributed by atoms with Crippen molar-refractivity contribution >= 4 is 5.96 Å². The van der Waals surface area contributed by atoms with E-state index in [-0.39, 0.29) is 0 Å². The van der Waals surface area contributed by atoms with Crippen molar-refractivity contribution in [3.63, 3.8) is 0 Å². The number of aliphatic imine (C=N–C) groups is 1. The van der Waals surface area contributed by atoms with Gasteiger partial charge in [-0.05, 0) is 56.8 Å². The molecule has 5 nitrogen and oxygen atoms in total. The van der Waals surface area contributed by atoms with Crippen LogP contribution in [0.4, 0.5) is 0 Å². The van der Waals surface area contributed by atoms with Gasteiger partial charge in [-0.1, -0.05) is 26.0 Å². The van der Waals surface area contributed by atoms with E-state index in [2.05, 4.69) is 59.5 Å². The summed E-state index contributed by atoms with van der Waals surface area (Å²) in [5, 5.41) is 6.92. The van der Waals surface area contributed by atoms with Crippen LogP contribution in [0.15, 0.2) is 23.2 Å². The first kappa shape index (κ1) is 20.6. The Balaban J connectivity index is 1.82. The SMILES string of the molecule is CCCOc1cc(C)ccc1CNC(=NC)NCC1CCN(CCC)C1. The summed E-state index contributed by atoms with van der Waals surface area (Å²) in [6.07, 6.45) is 3.53. The molecule has 0 aromatic heterocycles. The van der Waals surface area contributed by atoms with Gasteiger partial charge in [-0.3, -0.25) is 4.99 Å². The average molecular weight is 361 g/mol. The summed E-state index contributed by atoms with van der Waals surface area (Å²) in [6, 6.07) is 6.39. The summed E-state index contributed by atoms with van der Waals surface area (Å²) in [4.78, 5) is 6.93. The Morgan fingerprint density at radius 2 is 2.12 bits per heavy atom. The first-order chi connectivity index (χ1) is 12.7. The predicted molar refractivity (Wildman–Crippen MR) is 110 cm³/mol. The molecule has 26 heavy (non-hydrogen) atoms. The van der Waals surface area contributed by atoms with E-state index < -0.39 is 0 Å². The molecular weight excluding hydrogens is 324 g/mol. The summed E-state index contributed by atoms with van der Waals surface area (Å²) >= 11 is 0. The third-order valence-electron chi connectivity index (χ3n) is 4.82. The number of nitrogens with one attached hydrogen (secondary N) is 2. The van der Waals surface area contributed by atoms with Gasteiger partial charge in [0, 0.05) is 32.2 Å². The molecule has 5 heteroatoms. The van der Waals surface area contributed by atoms with Crippen LogP contribution in [0.5, 0.6) is 5.75 Å². The summed E-state index contributed by atoms with van der Waals surface area (Å²) in [5.41, 5.74) is 2.39. The Bertz CT molecular complexity index is 573. The first-order valence-electron chi connectivity index (χ1n) is 10.0. The second-order valence-corrected chi connectivity index (χ2v) is 7.22. The van der Waals surface area contributed by atoms with Crippen molar-refractivity contribution in [2.45, 2.75) is 46.6 Å². The van der Waals surface area contributed by atoms with Crippen LogP contribution in [0.2, 0.25) is 0 Å². The highest BCUT2D eigenvalue weighted by Gasteiger charge is 2.21. The molecule has 0 aliphatic carbocycles. The topological polar surface area (TPSA) is 48.9 Å². The summed E-state index contributed by atoms with van der Waals surface area (Å²) in [6.45, 7) is 12.6. The van der Waals surface area contributed by atoms with Crippen LogP contribution in [-0.4, -0.2) is 50.7 Å². The zero-order valence-corrected chi connectivity index (χ0v) is 17.0. The van der Waals surface area contributed by atoms with Gasteiger partial charge in [-0.15, -0.1) is 0 Å². The van der Waals surface area contributed by atoms with E-state index in [1.54, 1.807) is 0 Å². The smallest absolute Gasteiger partial charge is 0.191 e. The van der Waals surface area contributed by atoms with Crippen molar-refractivity contribution in [1.82, 2.24) is 15.5 Å². The Labute approximate surface area is 159 Å².